The van der Waals surface area contributed by atoms with Crippen LogP contribution in [0.25, 0.3) is 0 Å². The number of carbonyl (C=O) groups excluding carboxylic acids is 4. The van der Waals surface area contributed by atoms with Gasteiger partial charge in [-0.3, -0.25) is 29.0 Å². The van der Waals surface area contributed by atoms with E-state index in [1.165, 1.54) is 27.1 Å². The molecule has 0 aromatic heterocycles. The molecule has 2 aromatic carbocycles. The quantitative estimate of drug-likeness (QED) is 0.133. The second-order valence-corrected chi connectivity index (χ2v) is 10.4. The molecule has 0 spiro atoms. The molecule has 0 saturated carbocycles. The number of alkyl halides is 1. The van der Waals surface area contributed by atoms with Gasteiger partial charge in [0.2, 0.25) is 0 Å². The number of nitrogens with one attached hydrogen (secondary N) is 1. The smallest absolute Gasteiger partial charge is 0.850 e. The maximum atomic E-state index is 12.0. The van der Waals surface area contributed by atoms with Crippen LogP contribution in [-0.2, 0) is 0 Å². The second-order valence-electron chi connectivity index (χ2n) is 9.62. The van der Waals surface area contributed by atoms with Crippen molar-refractivity contribution in [2.45, 2.75) is 26.4 Å². The monoisotopic (exact) mass is 684 g/mol. The molecule has 228 valence electrons. The fourth-order valence-corrected chi connectivity index (χ4v) is 3.84. The van der Waals surface area contributed by atoms with E-state index < -0.39 is 5.60 Å². The Bertz CT molecular complexity index is 1180. The van der Waals surface area contributed by atoms with E-state index in [0.29, 0.717) is 40.7 Å². The van der Waals surface area contributed by atoms with E-state index >= 15 is 0 Å². The van der Waals surface area contributed by atoms with Gasteiger partial charge in [-0.15, -0.1) is 5.60 Å². The molecule has 0 fully saturated rings. The molecule has 0 saturated heterocycles. The second kappa shape index (κ2) is 20.7. The normalized spacial score (nSPS) is 12.7. The standard InChI is InChI=1S/C13H14N2O3.C10H8BrNO2.C4H9O.C3H7NO.K/c1-2-14(9-16)7-8-15-12(17)10-5-3-4-6-11(10)13(15)18;11-5-6-12-9(13)7-3-1-2-4-8(7)10(12)14;1-4(2,3)5;1-2-4-3-5;/h2-6,16H,1,7-9H2;1-4H,5-6H2;1-3H3;2,4-5H,1,3H2;/q;;-1;;+1. The first kappa shape index (κ1) is 40.8. The van der Waals surface area contributed by atoms with Crippen LogP contribution in [0.1, 0.15) is 62.2 Å². The van der Waals surface area contributed by atoms with Crippen molar-refractivity contribution in [1.29, 1.82) is 0 Å². The Labute approximate surface area is 303 Å². The molecule has 2 aliphatic heterocycles. The summed E-state index contributed by atoms with van der Waals surface area (Å²) in [6, 6.07) is 13.7. The molecule has 2 aromatic rings. The van der Waals surface area contributed by atoms with Gasteiger partial charge in [0.05, 0.1) is 22.3 Å². The average molecular weight is 686 g/mol. The van der Waals surface area contributed by atoms with Crippen molar-refractivity contribution in [3.63, 3.8) is 0 Å². The number of rotatable bonds is 9. The first-order chi connectivity index (χ1) is 19.9. The van der Waals surface area contributed by atoms with E-state index in [9.17, 15) is 24.3 Å². The van der Waals surface area contributed by atoms with Crippen molar-refractivity contribution in [2.75, 3.05) is 38.4 Å². The number of benzene rings is 2. The molecule has 0 bridgehead atoms. The molecule has 0 radical (unpaired) electrons. The first-order valence-corrected chi connectivity index (χ1v) is 14.1. The molecular weight excluding hydrogens is 647 g/mol. The molecule has 3 N–H and O–H groups in total. The number of hydrogen-bond donors (Lipinski definition) is 3. The Morgan fingerprint density at radius 2 is 1.19 bits per heavy atom. The molecule has 2 aliphatic rings. The SMILES string of the molecule is C=CN(CO)CCN1C(=O)c2ccccc2C1=O.C=CNCO.CC(C)(C)[O-].O=C1c2ccccc2C(=O)N1CCBr.[K+]. The summed E-state index contributed by atoms with van der Waals surface area (Å²) in [7, 11) is 0. The van der Waals surface area contributed by atoms with Gasteiger partial charge in [-0.1, -0.05) is 74.1 Å². The van der Waals surface area contributed by atoms with Crippen molar-refractivity contribution < 1.29 is 85.9 Å². The Morgan fingerprint density at radius 1 is 0.837 bits per heavy atom. The molecule has 13 heteroatoms. The number of nitrogens with zero attached hydrogens (tertiary/aromatic N) is 3. The zero-order valence-corrected chi connectivity index (χ0v) is 29.8. The molecule has 4 rings (SSSR count). The van der Waals surface area contributed by atoms with Crippen LogP contribution in [0.5, 0.6) is 0 Å². The summed E-state index contributed by atoms with van der Waals surface area (Å²) in [5.41, 5.74) is 1.16. The third-order valence-electron chi connectivity index (χ3n) is 5.35. The van der Waals surface area contributed by atoms with Gasteiger partial charge in [-0.2, -0.15) is 0 Å². The summed E-state index contributed by atoms with van der Waals surface area (Å²) in [6.45, 7) is 12.5. The van der Waals surface area contributed by atoms with E-state index in [1.54, 1.807) is 69.3 Å². The van der Waals surface area contributed by atoms with Gasteiger partial charge in [0.15, 0.2) is 0 Å². The number of imide groups is 2. The Hall–Kier alpha value is -2.20. The van der Waals surface area contributed by atoms with Gasteiger partial charge in [-0.05, 0) is 36.7 Å². The fraction of sp³-hybridized carbons (Fsp3) is 0.333. The molecule has 0 unspecified atom stereocenters. The minimum absolute atomic E-state index is 0. The molecule has 0 aliphatic carbocycles. The van der Waals surface area contributed by atoms with Crippen LogP contribution < -0.4 is 61.8 Å². The number of fused-ring (bicyclic) bond motifs is 2. The molecule has 0 atom stereocenters. The van der Waals surface area contributed by atoms with Gasteiger partial charge in [0, 0.05) is 25.0 Å². The van der Waals surface area contributed by atoms with Crippen LogP contribution >= 0.6 is 15.9 Å². The maximum absolute atomic E-state index is 12.0. The summed E-state index contributed by atoms with van der Waals surface area (Å²) < 4.78 is 0. The van der Waals surface area contributed by atoms with Crippen LogP contribution in [0.2, 0.25) is 0 Å². The largest absolute Gasteiger partial charge is 1.00 e. The van der Waals surface area contributed by atoms with E-state index in [-0.39, 0.29) is 95.0 Å². The van der Waals surface area contributed by atoms with E-state index in [2.05, 4.69) is 34.4 Å². The summed E-state index contributed by atoms with van der Waals surface area (Å²) in [4.78, 5) is 51.3. The zero-order valence-electron chi connectivity index (χ0n) is 25.1. The van der Waals surface area contributed by atoms with E-state index in [0.717, 1.165) is 0 Å². The summed E-state index contributed by atoms with van der Waals surface area (Å²) in [5.74, 6) is -0.940. The van der Waals surface area contributed by atoms with Crippen molar-refractivity contribution in [2.24, 2.45) is 0 Å². The minimum Gasteiger partial charge on any atom is -0.850 e. The Kier molecular flexibility index (Phi) is 19.6. The molecule has 11 nitrogen and oxygen atoms in total. The number of carbonyl (C=O) groups is 4. The Morgan fingerprint density at radius 3 is 1.42 bits per heavy atom. The number of halogens is 1. The predicted molar refractivity (Wildman–Crippen MR) is 162 cm³/mol. The van der Waals surface area contributed by atoms with Crippen molar-refractivity contribution >= 4 is 39.6 Å². The van der Waals surface area contributed by atoms with Crippen molar-refractivity contribution in [3.8, 4) is 0 Å². The predicted octanol–water partition coefficient (Wildman–Crippen LogP) is -0.826. The van der Waals surface area contributed by atoms with E-state index in [1.807, 2.05) is 0 Å². The zero-order chi connectivity index (χ0) is 31.9. The fourth-order valence-electron chi connectivity index (χ4n) is 3.48. The Balaban J connectivity index is 0.000000625. The van der Waals surface area contributed by atoms with Crippen LogP contribution in [0.4, 0.5) is 0 Å². The average Bonchev–Trinajstić information content (AvgIpc) is 3.35. The van der Waals surface area contributed by atoms with Gasteiger partial charge in [-0.25, -0.2) is 0 Å². The summed E-state index contributed by atoms with van der Waals surface area (Å²) >= 11 is 3.21. The van der Waals surface area contributed by atoms with Gasteiger partial charge < -0.3 is 25.5 Å². The third kappa shape index (κ3) is 13.1. The summed E-state index contributed by atoms with van der Waals surface area (Å²) in [5, 5.41) is 30.0. The van der Waals surface area contributed by atoms with E-state index in [4.69, 9.17) is 10.2 Å². The summed E-state index contributed by atoms with van der Waals surface area (Å²) in [6.07, 6.45) is 2.90. The third-order valence-corrected chi connectivity index (χ3v) is 5.71. The number of aliphatic hydroxyl groups excluding tert-OH is 2. The molecule has 43 heavy (non-hydrogen) atoms. The minimum atomic E-state index is -0.750. The number of amides is 4. The van der Waals surface area contributed by atoms with Crippen LogP contribution in [0.15, 0.2) is 74.1 Å². The van der Waals surface area contributed by atoms with Crippen LogP contribution in [0, 0.1) is 0 Å². The topological polar surface area (TPSA) is 154 Å². The molecule has 2 heterocycles. The molecular formula is C30H38BrKN4O7. The van der Waals surface area contributed by atoms with Crippen LogP contribution in [-0.4, -0.2) is 92.6 Å². The maximum Gasteiger partial charge on any atom is 1.00 e. The van der Waals surface area contributed by atoms with Gasteiger partial charge >= 0.3 is 51.4 Å². The number of aliphatic hydroxyl groups is 2. The van der Waals surface area contributed by atoms with Gasteiger partial charge in [0.25, 0.3) is 23.6 Å². The van der Waals surface area contributed by atoms with Gasteiger partial charge in [0.1, 0.15) is 13.5 Å². The van der Waals surface area contributed by atoms with Crippen molar-refractivity contribution in [1.82, 2.24) is 20.0 Å². The molecule has 4 amide bonds. The van der Waals surface area contributed by atoms with Crippen molar-refractivity contribution in [3.05, 3.63) is 96.3 Å². The number of hydrogen-bond acceptors (Lipinski definition) is 9. The first-order valence-electron chi connectivity index (χ1n) is 13.0. The van der Waals surface area contributed by atoms with Crippen LogP contribution in [0.3, 0.4) is 0 Å².